The maximum Gasteiger partial charge on any atom is 0.408 e. The Morgan fingerprint density at radius 3 is 1.93 bits per heavy atom. The van der Waals surface area contributed by atoms with Gasteiger partial charge >= 0.3 is 6.09 Å². The van der Waals surface area contributed by atoms with Gasteiger partial charge in [-0.2, -0.15) is 0 Å². The Balaban J connectivity index is 2.03. The Labute approximate surface area is 276 Å². The summed E-state index contributed by atoms with van der Waals surface area (Å²) in [6.45, 7) is 12.3. The van der Waals surface area contributed by atoms with Crippen LogP contribution >= 0.6 is 0 Å². The van der Waals surface area contributed by atoms with Gasteiger partial charge in [-0.05, 0) is 57.7 Å². The summed E-state index contributed by atoms with van der Waals surface area (Å²) in [4.78, 5) is 43.8. The maximum atomic E-state index is 14.8. The largest absolute Gasteiger partial charge is 0.444 e. The van der Waals surface area contributed by atoms with E-state index in [2.05, 4.69) is 23.6 Å². The second-order valence-corrected chi connectivity index (χ2v) is 13.2. The Morgan fingerprint density at radius 2 is 1.35 bits per heavy atom. The molecule has 0 aromatic heterocycles. The molecular formula is C39H53N3O4. The summed E-state index contributed by atoms with van der Waals surface area (Å²) in [5, 5.41) is 5.97. The van der Waals surface area contributed by atoms with Crippen molar-refractivity contribution in [1.82, 2.24) is 15.5 Å². The lowest BCUT2D eigenvalue weighted by atomic mass is 9.97. The van der Waals surface area contributed by atoms with Gasteiger partial charge in [0.2, 0.25) is 11.8 Å². The van der Waals surface area contributed by atoms with Crippen LogP contribution in [0.5, 0.6) is 0 Å². The average molecular weight is 628 g/mol. The summed E-state index contributed by atoms with van der Waals surface area (Å²) in [6.07, 6.45) is 5.81. The van der Waals surface area contributed by atoms with Crippen molar-refractivity contribution in [2.45, 2.75) is 111 Å². The molecular weight excluding hydrogens is 574 g/mol. The smallest absolute Gasteiger partial charge is 0.408 e. The highest BCUT2D eigenvalue weighted by Crippen LogP contribution is 2.27. The van der Waals surface area contributed by atoms with Crippen LogP contribution in [0.15, 0.2) is 78.9 Å². The zero-order valence-electron chi connectivity index (χ0n) is 28.6. The number of nitrogens with one attached hydrogen (secondary N) is 2. The van der Waals surface area contributed by atoms with Crippen LogP contribution in [0.1, 0.15) is 100 Å². The quantitative estimate of drug-likeness (QED) is 0.158. The summed E-state index contributed by atoms with van der Waals surface area (Å²) in [7, 11) is 0. The third-order valence-corrected chi connectivity index (χ3v) is 7.74. The molecule has 3 rings (SSSR count). The van der Waals surface area contributed by atoms with E-state index in [9.17, 15) is 14.4 Å². The summed E-state index contributed by atoms with van der Waals surface area (Å²) >= 11 is 0. The maximum absolute atomic E-state index is 14.8. The lowest BCUT2D eigenvalue weighted by molar-refractivity contribution is -0.142. The van der Waals surface area contributed by atoms with Crippen molar-refractivity contribution in [3.05, 3.63) is 107 Å². The lowest BCUT2D eigenvalue weighted by Gasteiger charge is -2.35. The van der Waals surface area contributed by atoms with Crippen LogP contribution in [0.2, 0.25) is 0 Å². The Morgan fingerprint density at radius 1 is 0.783 bits per heavy atom. The number of aryl methyl sites for hydroxylation is 2. The number of rotatable bonds is 16. The zero-order chi connectivity index (χ0) is 33.5. The van der Waals surface area contributed by atoms with Gasteiger partial charge in [-0.15, -0.1) is 0 Å². The number of ether oxygens (including phenoxy) is 1. The van der Waals surface area contributed by atoms with Crippen molar-refractivity contribution in [2.75, 3.05) is 6.54 Å². The minimum atomic E-state index is -0.937. The fraction of sp³-hybridized carbons (Fsp3) is 0.462. The van der Waals surface area contributed by atoms with Crippen LogP contribution in [0, 0.1) is 13.8 Å². The predicted molar refractivity (Wildman–Crippen MR) is 185 cm³/mol. The van der Waals surface area contributed by atoms with E-state index in [4.69, 9.17) is 4.74 Å². The van der Waals surface area contributed by atoms with E-state index in [1.807, 2.05) is 86.6 Å². The number of hydrogen-bond acceptors (Lipinski definition) is 4. The first-order valence-electron chi connectivity index (χ1n) is 16.7. The molecule has 0 saturated heterocycles. The molecule has 2 unspecified atom stereocenters. The van der Waals surface area contributed by atoms with Gasteiger partial charge in [0.15, 0.2) is 0 Å². The van der Waals surface area contributed by atoms with Crippen molar-refractivity contribution in [3.63, 3.8) is 0 Å². The molecule has 0 saturated carbocycles. The topological polar surface area (TPSA) is 87.7 Å². The first-order chi connectivity index (χ1) is 22.0. The highest BCUT2D eigenvalue weighted by molar-refractivity contribution is 5.92. The fourth-order valence-corrected chi connectivity index (χ4v) is 5.65. The van der Waals surface area contributed by atoms with Gasteiger partial charge in [0.1, 0.15) is 17.7 Å². The van der Waals surface area contributed by atoms with Gasteiger partial charge in [-0.1, -0.05) is 129 Å². The van der Waals surface area contributed by atoms with Crippen molar-refractivity contribution < 1.29 is 19.1 Å². The fourth-order valence-electron chi connectivity index (χ4n) is 5.65. The van der Waals surface area contributed by atoms with Crippen LogP contribution in [-0.4, -0.2) is 41.0 Å². The molecule has 3 amide bonds. The molecule has 0 spiro atoms. The molecule has 7 heteroatoms. The molecule has 2 atom stereocenters. The molecule has 0 aliphatic heterocycles. The van der Waals surface area contributed by atoms with Crippen molar-refractivity contribution in [2.24, 2.45) is 0 Å². The second-order valence-electron chi connectivity index (χ2n) is 13.2. The molecule has 0 bridgehead atoms. The zero-order valence-corrected chi connectivity index (χ0v) is 28.6. The van der Waals surface area contributed by atoms with Gasteiger partial charge in [-0.3, -0.25) is 9.59 Å². The molecule has 0 aliphatic rings. The summed E-state index contributed by atoms with van der Waals surface area (Å²) in [6, 6.07) is 23.5. The number of carbonyl (C=O) groups is 3. The highest BCUT2D eigenvalue weighted by Gasteiger charge is 2.36. The Bertz CT molecular complexity index is 1370. The van der Waals surface area contributed by atoms with Crippen molar-refractivity contribution >= 4 is 17.9 Å². The summed E-state index contributed by atoms with van der Waals surface area (Å²) < 4.78 is 5.58. The standard InChI is InChI=1S/C39H53N3O4/c1-7-8-9-10-11-18-23-42(37(44)34(27-31-19-14-12-15-20-31)41-38(45)46-39(4,5)6)35(33-25-29(2)24-30(3)26-33)36(43)40-28-32-21-16-13-17-22-32/h12-17,19-22,24-26,34-35H,7-11,18,23,27-28H2,1-6H3,(H,40,43)(H,41,45). The minimum Gasteiger partial charge on any atom is -0.444 e. The summed E-state index contributed by atoms with van der Waals surface area (Å²) in [5.74, 6) is -0.578. The van der Waals surface area contributed by atoms with E-state index in [0.717, 1.165) is 59.9 Å². The molecule has 0 fully saturated rings. The van der Waals surface area contributed by atoms with Crippen LogP contribution in [-0.2, 0) is 27.3 Å². The van der Waals surface area contributed by atoms with E-state index in [1.54, 1.807) is 25.7 Å². The number of carbonyl (C=O) groups excluding carboxylic acids is 3. The van der Waals surface area contributed by atoms with E-state index >= 15 is 0 Å². The normalized spacial score (nSPS) is 12.6. The molecule has 0 aliphatic carbocycles. The first kappa shape index (κ1) is 36.3. The van der Waals surface area contributed by atoms with E-state index in [-0.39, 0.29) is 18.2 Å². The minimum absolute atomic E-state index is 0.260. The highest BCUT2D eigenvalue weighted by atomic mass is 16.6. The SMILES string of the molecule is CCCCCCCCN(C(=O)C(Cc1ccccc1)NC(=O)OC(C)(C)C)C(C(=O)NCc1ccccc1)c1cc(C)cc(C)c1. The molecule has 0 heterocycles. The number of unbranched alkanes of at least 4 members (excludes halogenated alkanes) is 5. The van der Waals surface area contributed by atoms with E-state index < -0.39 is 23.8 Å². The van der Waals surface area contributed by atoms with Gasteiger partial charge in [0.05, 0.1) is 0 Å². The summed E-state index contributed by atoms with van der Waals surface area (Å²) in [5.41, 5.74) is 3.90. The number of benzene rings is 3. The van der Waals surface area contributed by atoms with Gasteiger partial charge < -0.3 is 20.3 Å². The van der Waals surface area contributed by atoms with E-state index in [1.165, 1.54) is 6.42 Å². The first-order valence-corrected chi connectivity index (χ1v) is 16.7. The lowest BCUT2D eigenvalue weighted by Crippen LogP contribution is -2.54. The second kappa shape index (κ2) is 18.1. The predicted octanol–water partition coefficient (Wildman–Crippen LogP) is 7.99. The Hall–Kier alpha value is -4.13. The molecule has 3 aromatic carbocycles. The number of nitrogens with zero attached hydrogens (tertiary/aromatic N) is 1. The molecule has 46 heavy (non-hydrogen) atoms. The van der Waals surface area contributed by atoms with E-state index in [0.29, 0.717) is 13.1 Å². The van der Waals surface area contributed by atoms with Crippen molar-refractivity contribution in [3.8, 4) is 0 Å². The monoisotopic (exact) mass is 627 g/mol. The molecule has 0 radical (unpaired) electrons. The molecule has 3 aromatic rings. The number of hydrogen-bond donors (Lipinski definition) is 2. The Kier molecular flexibility index (Phi) is 14.3. The van der Waals surface area contributed by atoms with Gasteiger partial charge in [0.25, 0.3) is 0 Å². The number of alkyl carbamates (subject to hydrolysis) is 1. The molecule has 7 nitrogen and oxygen atoms in total. The van der Waals surface area contributed by atoms with Crippen LogP contribution < -0.4 is 10.6 Å². The van der Waals surface area contributed by atoms with Crippen molar-refractivity contribution in [1.29, 1.82) is 0 Å². The average Bonchev–Trinajstić information content (AvgIpc) is 3.00. The van der Waals surface area contributed by atoms with Crippen LogP contribution in [0.3, 0.4) is 0 Å². The molecule has 248 valence electrons. The van der Waals surface area contributed by atoms with Gasteiger partial charge in [-0.25, -0.2) is 4.79 Å². The van der Waals surface area contributed by atoms with Gasteiger partial charge in [0, 0.05) is 19.5 Å². The van der Waals surface area contributed by atoms with Crippen LogP contribution in [0.25, 0.3) is 0 Å². The third-order valence-electron chi connectivity index (χ3n) is 7.74. The number of amides is 3. The molecule has 2 N–H and O–H groups in total. The van der Waals surface area contributed by atoms with Crippen LogP contribution in [0.4, 0.5) is 4.79 Å². The third kappa shape index (κ3) is 12.3.